The van der Waals surface area contributed by atoms with Crippen LogP contribution in [0.3, 0.4) is 0 Å². The number of nitrogens with zero attached hydrogens (tertiary/aromatic N) is 2. The normalized spacial score (nSPS) is 31.9. The molecule has 1 fully saturated rings. The Hall–Kier alpha value is -0.940. The Kier molecular flexibility index (Phi) is 3.97. The first-order valence-corrected chi connectivity index (χ1v) is 7.00. The van der Waals surface area contributed by atoms with Crippen LogP contribution in [0.25, 0.3) is 0 Å². The fraction of sp³-hybridized carbons (Fsp3) is 0.857. The van der Waals surface area contributed by atoms with Gasteiger partial charge in [0.2, 0.25) is 11.8 Å². The van der Waals surface area contributed by atoms with E-state index in [-0.39, 0.29) is 23.7 Å². The van der Waals surface area contributed by atoms with Crippen LogP contribution in [-0.4, -0.2) is 27.9 Å². The van der Waals surface area contributed by atoms with Gasteiger partial charge in [0.05, 0.1) is 24.7 Å². The van der Waals surface area contributed by atoms with Gasteiger partial charge >= 0.3 is 0 Å². The highest BCUT2D eigenvalue weighted by Crippen LogP contribution is 2.39. The quantitative estimate of drug-likeness (QED) is 0.911. The van der Waals surface area contributed by atoms with Crippen LogP contribution in [0.15, 0.2) is 4.42 Å². The molecule has 0 saturated carbocycles. The molecule has 5 heteroatoms. The van der Waals surface area contributed by atoms with Gasteiger partial charge in [-0.3, -0.25) is 0 Å². The Balaban J connectivity index is 2.05. The summed E-state index contributed by atoms with van der Waals surface area (Å²) >= 11 is 0. The molecule has 0 radical (unpaired) electrons. The van der Waals surface area contributed by atoms with Gasteiger partial charge in [0.15, 0.2) is 0 Å². The average Bonchev–Trinajstić information content (AvgIpc) is 2.82. The third kappa shape index (κ3) is 3.34. The Labute approximate surface area is 115 Å². The Morgan fingerprint density at radius 2 is 1.79 bits per heavy atom. The van der Waals surface area contributed by atoms with Crippen LogP contribution in [0.1, 0.15) is 59.2 Å². The second kappa shape index (κ2) is 5.21. The molecule has 5 nitrogen and oxygen atoms in total. The Morgan fingerprint density at radius 1 is 1.11 bits per heavy atom. The predicted molar refractivity (Wildman–Crippen MR) is 72.8 cm³/mol. The zero-order valence-corrected chi connectivity index (χ0v) is 12.7. The summed E-state index contributed by atoms with van der Waals surface area (Å²) < 4.78 is 11.6. The molecular formula is C14H25N3O2. The maximum absolute atomic E-state index is 5.82. The lowest BCUT2D eigenvalue weighted by Gasteiger charge is -2.18. The van der Waals surface area contributed by atoms with Crippen LogP contribution in [0.5, 0.6) is 0 Å². The molecule has 0 spiro atoms. The first-order valence-electron chi connectivity index (χ1n) is 7.00. The van der Waals surface area contributed by atoms with Crippen molar-refractivity contribution in [2.75, 3.05) is 0 Å². The van der Waals surface area contributed by atoms with Crippen LogP contribution in [0.4, 0.5) is 0 Å². The summed E-state index contributed by atoms with van der Waals surface area (Å²) in [6.45, 7) is 13.3. The largest absolute Gasteiger partial charge is 0.423 e. The third-order valence-electron chi connectivity index (χ3n) is 3.78. The fourth-order valence-electron chi connectivity index (χ4n) is 2.51. The minimum Gasteiger partial charge on any atom is -0.423 e. The van der Waals surface area contributed by atoms with Crippen molar-refractivity contribution >= 4 is 0 Å². The van der Waals surface area contributed by atoms with Crippen LogP contribution in [-0.2, 0) is 11.3 Å². The molecule has 0 aromatic carbocycles. The minimum absolute atomic E-state index is 0.0419. The molecule has 0 bridgehead atoms. The second-order valence-corrected chi connectivity index (χ2v) is 6.57. The maximum Gasteiger partial charge on any atom is 0.230 e. The molecular weight excluding hydrogens is 242 g/mol. The number of ether oxygens (including phenoxy) is 1. The molecule has 1 aromatic heterocycles. The van der Waals surface area contributed by atoms with E-state index in [1.807, 2.05) is 0 Å². The zero-order valence-electron chi connectivity index (χ0n) is 12.7. The maximum atomic E-state index is 5.82. The van der Waals surface area contributed by atoms with Gasteiger partial charge in [0.1, 0.15) is 0 Å². The van der Waals surface area contributed by atoms with Gasteiger partial charge in [0.25, 0.3) is 0 Å². The van der Waals surface area contributed by atoms with Gasteiger partial charge in [-0.15, -0.1) is 10.2 Å². The van der Waals surface area contributed by atoms with Crippen LogP contribution in [0, 0.1) is 5.92 Å². The third-order valence-corrected chi connectivity index (χ3v) is 3.78. The topological polar surface area (TPSA) is 60.2 Å². The molecule has 2 heterocycles. The van der Waals surface area contributed by atoms with Gasteiger partial charge in [0, 0.05) is 5.54 Å². The van der Waals surface area contributed by atoms with E-state index in [2.05, 4.69) is 57.1 Å². The number of aromatic nitrogens is 2. The summed E-state index contributed by atoms with van der Waals surface area (Å²) in [5.41, 5.74) is 0.0419. The molecule has 4 unspecified atom stereocenters. The average molecular weight is 267 g/mol. The van der Waals surface area contributed by atoms with Crippen molar-refractivity contribution in [3.05, 3.63) is 11.8 Å². The van der Waals surface area contributed by atoms with E-state index in [1.54, 1.807) is 0 Å². The molecule has 1 saturated heterocycles. The summed E-state index contributed by atoms with van der Waals surface area (Å²) in [6, 6.07) is 0. The Morgan fingerprint density at radius 3 is 2.32 bits per heavy atom. The van der Waals surface area contributed by atoms with Crippen molar-refractivity contribution < 1.29 is 9.15 Å². The number of hydrogen-bond donors (Lipinski definition) is 1. The fourth-order valence-corrected chi connectivity index (χ4v) is 2.51. The molecule has 1 aliphatic rings. The second-order valence-electron chi connectivity index (χ2n) is 6.57. The smallest absolute Gasteiger partial charge is 0.230 e. The van der Waals surface area contributed by atoms with E-state index in [0.29, 0.717) is 24.2 Å². The summed E-state index contributed by atoms with van der Waals surface area (Å²) in [7, 11) is 0. The minimum atomic E-state index is 0.0419. The monoisotopic (exact) mass is 267 g/mol. The summed E-state index contributed by atoms with van der Waals surface area (Å²) in [5.74, 6) is 1.95. The molecule has 2 rings (SSSR count). The highest BCUT2D eigenvalue weighted by atomic mass is 16.5. The Bertz CT molecular complexity index is 425. The highest BCUT2D eigenvalue weighted by Gasteiger charge is 2.41. The van der Waals surface area contributed by atoms with Crippen LogP contribution < -0.4 is 5.32 Å². The summed E-state index contributed by atoms with van der Waals surface area (Å²) in [6.07, 6.45) is 0.372. The number of rotatable bonds is 3. The predicted octanol–water partition coefficient (Wildman–Crippen LogP) is 2.48. The first-order chi connectivity index (χ1) is 8.78. The van der Waals surface area contributed by atoms with Crippen molar-refractivity contribution in [2.24, 2.45) is 5.92 Å². The molecule has 1 N–H and O–H groups in total. The standard InChI is InChI=1S/C14H25N3O2/c1-8-9(2)18-10(3)12(8)13-17-16-11(19-13)7-15-14(4,5)6/h8-10,12,15H,7H2,1-6H3. The molecule has 0 amide bonds. The zero-order chi connectivity index (χ0) is 14.2. The highest BCUT2D eigenvalue weighted by molar-refractivity contribution is 5.02. The number of nitrogens with one attached hydrogen (secondary N) is 1. The first kappa shape index (κ1) is 14.5. The van der Waals surface area contributed by atoms with Gasteiger partial charge in [-0.2, -0.15) is 0 Å². The van der Waals surface area contributed by atoms with Crippen molar-refractivity contribution in [3.63, 3.8) is 0 Å². The van der Waals surface area contributed by atoms with E-state index in [1.165, 1.54) is 0 Å². The van der Waals surface area contributed by atoms with E-state index in [9.17, 15) is 0 Å². The van der Waals surface area contributed by atoms with Gasteiger partial charge in [-0.25, -0.2) is 0 Å². The molecule has 108 valence electrons. The van der Waals surface area contributed by atoms with Crippen molar-refractivity contribution in [1.82, 2.24) is 15.5 Å². The molecule has 1 aliphatic heterocycles. The molecule has 1 aromatic rings. The van der Waals surface area contributed by atoms with Crippen LogP contribution >= 0.6 is 0 Å². The SMILES string of the molecule is CC1OC(C)C(c2nnc(CNC(C)(C)C)o2)C1C. The van der Waals surface area contributed by atoms with Crippen molar-refractivity contribution in [2.45, 2.75) is 71.8 Å². The van der Waals surface area contributed by atoms with E-state index in [0.717, 1.165) is 0 Å². The molecule has 0 aliphatic carbocycles. The van der Waals surface area contributed by atoms with Gasteiger partial charge < -0.3 is 14.5 Å². The van der Waals surface area contributed by atoms with E-state index < -0.39 is 0 Å². The lowest BCUT2D eigenvalue weighted by atomic mass is 9.89. The summed E-state index contributed by atoms with van der Waals surface area (Å²) in [5, 5.41) is 11.7. The molecule has 4 atom stereocenters. The van der Waals surface area contributed by atoms with Gasteiger partial charge in [-0.05, 0) is 40.5 Å². The molecule has 19 heavy (non-hydrogen) atoms. The van der Waals surface area contributed by atoms with Crippen molar-refractivity contribution in [1.29, 1.82) is 0 Å². The lowest BCUT2D eigenvalue weighted by molar-refractivity contribution is 0.0544. The van der Waals surface area contributed by atoms with Crippen molar-refractivity contribution in [3.8, 4) is 0 Å². The van der Waals surface area contributed by atoms with Crippen LogP contribution in [0.2, 0.25) is 0 Å². The number of hydrogen-bond acceptors (Lipinski definition) is 5. The summed E-state index contributed by atoms with van der Waals surface area (Å²) in [4.78, 5) is 0. The lowest BCUT2D eigenvalue weighted by Crippen LogP contribution is -2.35. The van der Waals surface area contributed by atoms with Gasteiger partial charge in [-0.1, -0.05) is 6.92 Å². The van der Waals surface area contributed by atoms with E-state index in [4.69, 9.17) is 9.15 Å². The van der Waals surface area contributed by atoms with E-state index >= 15 is 0 Å².